The Labute approximate surface area is 105 Å². The van der Waals surface area contributed by atoms with E-state index in [0.29, 0.717) is 24.0 Å². The summed E-state index contributed by atoms with van der Waals surface area (Å²) in [6, 6.07) is 0. The van der Waals surface area contributed by atoms with E-state index in [-0.39, 0.29) is 6.29 Å². The Hall–Kier alpha value is 0.210. The second kappa shape index (κ2) is 7.52. The minimum atomic E-state index is -0.0920. The van der Waals surface area contributed by atoms with Crippen LogP contribution in [-0.2, 0) is 9.47 Å². The van der Waals surface area contributed by atoms with Gasteiger partial charge in [-0.15, -0.1) is 11.6 Å². The highest BCUT2D eigenvalue weighted by atomic mass is 35.5. The van der Waals surface area contributed by atoms with Crippen molar-refractivity contribution < 1.29 is 9.47 Å². The lowest BCUT2D eigenvalue weighted by Crippen LogP contribution is -2.32. The smallest absolute Gasteiger partial charge is 0.155 e. The van der Waals surface area contributed by atoms with E-state index in [4.69, 9.17) is 21.1 Å². The van der Waals surface area contributed by atoms with Gasteiger partial charge in [-0.2, -0.15) is 0 Å². The molecule has 2 nitrogen and oxygen atoms in total. The molecule has 0 bridgehead atoms. The lowest BCUT2D eigenvalue weighted by Gasteiger charge is -2.33. The molecule has 0 aromatic carbocycles. The molecule has 1 rings (SSSR count). The van der Waals surface area contributed by atoms with Crippen LogP contribution in [0.5, 0.6) is 0 Å². The number of hydrogen-bond donors (Lipinski definition) is 0. The second-order valence-corrected chi connectivity index (χ2v) is 5.25. The third-order valence-electron chi connectivity index (χ3n) is 3.35. The van der Waals surface area contributed by atoms with Gasteiger partial charge in [0.25, 0.3) is 0 Å². The fraction of sp³-hybridized carbons (Fsp3) is 1.00. The van der Waals surface area contributed by atoms with Gasteiger partial charge in [0, 0.05) is 12.0 Å². The Morgan fingerprint density at radius 1 is 1.31 bits per heavy atom. The third kappa shape index (κ3) is 4.60. The van der Waals surface area contributed by atoms with Crippen molar-refractivity contribution in [1.82, 2.24) is 0 Å². The molecule has 96 valence electrons. The van der Waals surface area contributed by atoms with E-state index in [2.05, 4.69) is 6.92 Å². The van der Waals surface area contributed by atoms with Gasteiger partial charge in [-0.1, -0.05) is 13.3 Å². The molecule has 1 fully saturated rings. The average Bonchev–Trinajstić information content (AvgIpc) is 2.26. The molecule has 0 saturated heterocycles. The third-order valence-corrected chi connectivity index (χ3v) is 3.74. The lowest BCUT2D eigenvalue weighted by atomic mass is 9.84. The monoisotopic (exact) mass is 248 g/mol. The fourth-order valence-corrected chi connectivity index (χ4v) is 2.95. The molecule has 1 aliphatic carbocycles. The normalized spacial score (nSPS) is 30.0. The summed E-state index contributed by atoms with van der Waals surface area (Å²) in [6.07, 6.45) is 6.01. The first kappa shape index (κ1) is 14.3. The minimum absolute atomic E-state index is 0.0920. The molecule has 0 N–H and O–H groups in total. The van der Waals surface area contributed by atoms with E-state index in [1.165, 1.54) is 12.8 Å². The summed E-state index contributed by atoms with van der Waals surface area (Å²) in [6.45, 7) is 6.87. The van der Waals surface area contributed by atoms with E-state index >= 15 is 0 Å². The van der Waals surface area contributed by atoms with Crippen molar-refractivity contribution in [2.24, 2.45) is 5.92 Å². The van der Waals surface area contributed by atoms with E-state index < -0.39 is 0 Å². The van der Waals surface area contributed by atoms with E-state index in [1.54, 1.807) is 0 Å². The highest BCUT2D eigenvalue weighted by molar-refractivity contribution is 6.20. The zero-order chi connectivity index (χ0) is 12.0. The van der Waals surface area contributed by atoms with Crippen LogP contribution in [0.2, 0.25) is 0 Å². The van der Waals surface area contributed by atoms with Crippen LogP contribution in [0.25, 0.3) is 0 Å². The highest BCUT2D eigenvalue weighted by Crippen LogP contribution is 2.32. The predicted octanol–water partition coefficient (Wildman–Crippen LogP) is 3.96. The van der Waals surface area contributed by atoms with Crippen LogP contribution in [0, 0.1) is 5.92 Å². The Bertz CT molecular complexity index is 187. The van der Waals surface area contributed by atoms with Gasteiger partial charge >= 0.3 is 0 Å². The van der Waals surface area contributed by atoms with Gasteiger partial charge in [0.1, 0.15) is 0 Å². The summed E-state index contributed by atoms with van der Waals surface area (Å²) in [5.41, 5.74) is 0. The number of alkyl halides is 1. The van der Waals surface area contributed by atoms with E-state index in [0.717, 1.165) is 19.3 Å². The molecule has 0 aromatic heterocycles. The molecule has 1 saturated carbocycles. The molecule has 0 aliphatic heterocycles. The maximum Gasteiger partial charge on any atom is 0.155 e. The largest absolute Gasteiger partial charge is 0.353 e. The lowest BCUT2D eigenvalue weighted by molar-refractivity contribution is -0.173. The second-order valence-electron chi connectivity index (χ2n) is 4.63. The Balaban J connectivity index is 2.39. The van der Waals surface area contributed by atoms with Gasteiger partial charge in [-0.25, -0.2) is 0 Å². The Kier molecular flexibility index (Phi) is 6.71. The van der Waals surface area contributed by atoms with Gasteiger partial charge in [-0.05, 0) is 45.4 Å². The molecule has 0 heterocycles. The summed E-state index contributed by atoms with van der Waals surface area (Å²) in [5.74, 6) is 0.615. The predicted molar refractivity (Wildman–Crippen MR) is 67.9 cm³/mol. The quantitative estimate of drug-likeness (QED) is 0.523. The van der Waals surface area contributed by atoms with Crippen molar-refractivity contribution in [1.29, 1.82) is 0 Å². The van der Waals surface area contributed by atoms with Crippen LogP contribution in [0.1, 0.15) is 52.9 Å². The number of rotatable bonds is 6. The molecule has 3 heteroatoms. The molecule has 1 aliphatic rings. The zero-order valence-electron chi connectivity index (χ0n) is 10.7. The molecule has 0 amide bonds. The minimum Gasteiger partial charge on any atom is -0.353 e. The van der Waals surface area contributed by atoms with Gasteiger partial charge in [0.15, 0.2) is 6.29 Å². The van der Waals surface area contributed by atoms with Crippen molar-refractivity contribution >= 4 is 11.6 Å². The van der Waals surface area contributed by atoms with Crippen molar-refractivity contribution in [3.05, 3.63) is 0 Å². The molecule has 4 atom stereocenters. The summed E-state index contributed by atoms with van der Waals surface area (Å²) in [5, 5.41) is 0.346. The van der Waals surface area contributed by atoms with Gasteiger partial charge in [-0.3, -0.25) is 0 Å². The molecule has 0 spiro atoms. The number of ether oxygens (including phenoxy) is 2. The maximum absolute atomic E-state index is 6.22. The van der Waals surface area contributed by atoms with Crippen LogP contribution >= 0.6 is 11.6 Å². The average molecular weight is 249 g/mol. The molecule has 16 heavy (non-hydrogen) atoms. The summed E-state index contributed by atoms with van der Waals surface area (Å²) < 4.78 is 11.4. The van der Waals surface area contributed by atoms with Crippen LogP contribution in [-0.4, -0.2) is 24.4 Å². The fourth-order valence-electron chi connectivity index (χ4n) is 2.56. The molecule has 0 radical (unpaired) electrons. The summed E-state index contributed by atoms with van der Waals surface area (Å²) in [7, 11) is 0. The Morgan fingerprint density at radius 3 is 2.62 bits per heavy atom. The van der Waals surface area contributed by atoms with E-state index in [1.807, 2.05) is 13.8 Å². The summed E-state index contributed by atoms with van der Waals surface area (Å²) >= 11 is 6.22. The number of halogens is 1. The van der Waals surface area contributed by atoms with Crippen LogP contribution in [0.15, 0.2) is 0 Å². The number of hydrogen-bond acceptors (Lipinski definition) is 2. The van der Waals surface area contributed by atoms with Crippen LogP contribution in [0.3, 0.4) is 0 Å². The first-order valence-electron chi connectivity index (χ1n) is 6.58. The van der Waals surface area contributed by atoms with E-state index in [9.17, 15) is 0 Å². The van der Waals surface area contributed by atoms with Gasteiger partial charge in [0.05, 0.1) is 6.10 Å². The molecule has 0 aromatic rings. The van der Waals surface area contributed by atoms with Gasteiger partial charge in [0.2, 0.25) is 0 Å². The van der Waals surface area contributed by atoms with Gasteiger partial charge < -0.3 is 9.47 Å². The molecule has 3 unspecified atom stereocenters. The SMILES string of the molecule is CCOC(C)O[C@H](CC)C1CCCC(Cl)C1. The topological polar surface area (TPSA) is 18.5 Å². The molecular formula is C13H25ClO2. The highest BCUT2D eigenvalue weighted by Gasteiger charge is 2.28. The first-order chi connectivity index (χ1) is 7.67. The standard InChI is InChI=1S/C13H25ClO2/c1-4-13(16-10(3)15-5-2)11-7-6-8-12(14)9-11/h10-13H,4-9H2,1-3H3/t10?,11?,12?,13-/m1/s1. The zero-order valence-corrected chi connectivity index (χ0v) is 11.5. The molecular weight excluding hydrogens is 224 g/mol. The van der Waals surface area contributed by atoms with Crippen molar-refractivity contribution in [2.45, 2.75) is 70.6 Å². The van der Waals surface area contributed by atoms with Crippen molar-refractivity contribution in [2.75, 3.05) is 6.61 Å². The first-order valence-corrected chi connectivity index (χ1v) is 7.02. The Morgan fingerprint density at radius 2 is 2.06 bits per heavy atom. The maximum atomic E-state index is 6.22. The van der Waals surface area contributed by atoms with Crippen LogP contribution in [0.4, 0.5) is 0 Å². The van der Waals surface area contributed by atoms with Crippen LogP contribution < -0.4 is 0 Å². The van der Waals surface area contributed by atoms with Crippen molar-refractivity contribution in [3.63, 3.8) is 0 Å². The summed E-state index contributed by atoms with van der Waals surface area (Å²) in [4.78, 5) is 0. The van der Waals surface area contributed by atoms with Crippen molar-refractivity contribution in [3.8, 4) is 0 Å².